The van der Waals surface area contributed by atoms with Gasteiger partial charge in [-0.3, -0.25) is 0 Å². The Hall–Kier alpha value is -2.17. The first-order valence-corrected chi connectivity index (χ1v) is 6.12. The van der Waals surface area contributed by atoms with Crippen LogP contribution in [0.15, 0.2) is 36.4 Å². The topological polar surface area (TPSA) is 15.3 Å². The molecule has 0 amide bonds. The van der Waals surface area contributed by atoms with Crippen LogP contribution >= 0.6 is 0 Å². The van der Waals surface area contributed by atoms with Crippen LogP contribution in [0.5, 0.6) is 0 Å². The minimum atomic E-state index is -1.44. The summed E-state index contributed by atoms with van der Waals surface area (Å²) in [6.45, 7) is 0.207. The highest BCUT2D eigenvalue weighted by Crippen LogP contribution is 2.24. The van der Waals surface area contributed by atoms with E-state index >= 15 is 0 Å². The van der Waals surface area contributed by atoms with Gasteiger partial charge in [0.1, 0.15) is 0 Å². The van der Waals surface area contributed by atoms with Gasteiger partial charge in [-0.2, -0.15) is 0 Å². The lowest BCUT2D eigenvalue weighted by molar-refractivity contribution is 0.445. The van der Waals surface area contributed by atoms with E-state index in [2.05, 4.69) is 5.32 Å². The summed E-state index contributed by atoms with van der Waals surface area (Å²) in [6, 6.07) is 9.53. The van der Waals surface area contributed by atoms with Crippen LogP contribution in [0, 0.1) is 17.5 Å². The minimum absolute atomic E-state index is 0.207. The average Bonchev–Trinajstić information content (AvgIpc) is 2.42. The molecule has 20 heavy (non-hydrogen) atoms. The lowest BCUT2D eigenvalue weighted by atomic mass is 10.2. The van der Waals surface area contributed by atoms with Crippen molar-refractivity contribution in [2.45, 2.75) is 6.54 Å². The van der Waals surface area contributed by atoms with Crippen LogP contribution in [0.4, 0.5) is 24.5 Å². The fraction of sp³-hybridized carbons (Fsp3) is 0.200. The molecule has 0 bridgehead atoms. The van der Waals surface area contributed by atoms with Crippen molar-refractivity contribution in [2.75, 3.05) is 24.3 Å². The minimum Gasteiger partial charge on any atom is -0.379 e. The molecule has 2 rings (SSSR count). The summed E-state index contributed by atoms with van der Waals surface area (Å²) in [7, 11) is 3.80. The van der Waals surface area contributed by atoms with Crippen LogP contribution in [-0.4, -0.2) is 14.1 Å². The van der Waals surface area contributed by atoms with Gasteiger partial charge < -0.3 is 10.2 Å². The number of nitrogens with zero attached hydrogens (tertiary/aromatic N) is 1. The van der Waals surface area contributed by atoms with E-state index < -0.39 is 17.5 Å². The third kappa shape index (κ3) is 3.04. The zero-order chi connectivity index (χ0) is 14.7. The van der Waals surface area contributed by atoms with E-state index in [4.69, 9.17) is 0 Å². The summed E-state index contributed by atoms with van der Waals surface area (Å²) in [5.74, 6) is -3.80. The molecule has 0 saturated heterocycles. The smallest absolute Gasteiger partial charge is 0.194 e. The predicted molar refractivity (Wildman–Crippen MR) is 74.4 cm³/mol. The summed E-state index contributed by atoms with van der Waals surface area (Å²) in [4.78, 5) is 1.92. The maximum absolute atomic E-state index is 13.1. The Kier molecular flexibility index (Phi) is 4.17. The van der Waals surface area contributed by atoms with Gasteiger partial charge in [-0.15, -0.1) is 0 Å². The second-order valence-electron chi connectivity index (χ2n) is 4.64. The van der Waals surface area contributed by atoms with Crippen molar-refractivity contribution >= 4 is 11.4 Å². The molecule has 0 saturated carbocycles. The van der Waals surface area contributed by atoms with Gasteiger partial charge in [0.25, 0.3) is 0 Å². The number of halogens is 3. The first kappa shape index (κ1) is 14.2. The van der Waals surface area contributed by atoms with Crippen molar-refractivity contribution in [1.82, 2.24) is 0 Å². The fourth-order valence-corrected chi connectivity index (χ4v) is 1.92. The fourth-order valence-electron chi connectivity index (χ4n) is 1.92. The lowest BCUT2D eigenvalue weighted by Crippen LogP contribution is -2.12. The molecule has 0 aliphatic rings. The van der Waals surface area contributed by atoms with Crippen LogP contribution in [-0.2, 0) is 6.54 Å². The molecule has 106 valence electrons. The number of hydrogen-bond donors (Lipinski definition) is 1. The van der Waals surface area contributed by atoms with E-state index in [0.29, 0.717) is 5.56 Å². The number of anilines is 2. The first-order chi connectivity index (χ1) is 9.49. The molecule has 5 heteroatoms. The van der Waals surface area contributed by atoms with Gasteiger partial charge in [-0.1, -0.05) is 12.1 Å². The summed E-state index contributed by atoms with van der Waals surface area (Å²) >= 11 is 0. The molecule has 0 radical (unpaired) electrons. The third-order valence-electron chi connectivity index (χ3n) is 2.91. The summed E-state index contributed by atoms with van der Waals surface area (Å²) < 4.78 is 39.1. The number of hydrogen-bond acceptors (Lipinski definition) is 2. The number of rotatable bonds is 4. The first-order valence-electron chi connectivity index (χ1n) is 6.12. The molecule has 0 atom stereocenters. The van der Waals surface area contributed by atoms with Crippen molar-refractivity contribution in [3.63, 3.8) is 0 Å². The van der Waals surface area contributed by atoms with E-state index in [9.17, 15) is 13.2 Å². The Bertz CT molecular complexity index is 589. The molecule has 1 N–H and O–H groups in total. The van der Waals surface area contributed by atoms with E-state index in [-0.39, 0.29) is 6.54 Å². The van der Waals surface area contributed by atoms with Gasteiger partial charge in [0, 0.05) is 20.6 Å². The summed E-state index contributed by atoms with van der Waals surface area (Å²) in [6.07, 6.45) is 0. The van der Waals surface area contributed by atoms with E-state index in [1.165, 1.54) is 0 Å². The van der Waals surface area contributed by atoms with Crippen molar-refractivity contribution in [2.24, 2.45) is 0 Å². The van der Waals surface area contributed by atoms with Crippen LogP contribution < -0.4 is 10.2 Å². The molecule has 0 aliphatic heterocycles. The summed E-state index contributed by atoms with van der Waals surface area (Å²) in [5.41, 5.74) is 2.13. The van der Waals surface area contributed by atoms with Crippen LogP contribution in [0.1, 0.15) is 5.56 Å². The van der Waals surface area contributed by atoms with Gasteiger partial charge >= 0.3 is 0 Å². The maximum atomic E-state index is 13.1. The maximum Gasteiger partial charge on any atom is 0.194 e. The predicted octanol–water partition coefficient (Wildman–Crippen LogP) is 3.78. The summed E-state index contributed by atoms with van der Waals surface area (Å²) in [5, 5.41) is 3.09. The monoisotopic (exact) mass is 280 g/mol. The quantitative estimate of drug-likeness (QED) is 0.857. The Morgan fingerprint density at radius 2 is 1.60 bits per heavy atom. The molecule has 0 unspecified atom stereocenters. The lowest BCUT2D eigenvalue weighted by Gasteiger charge is -2.18. The van der Waals surface area contributed by atoms with Gasteiger partial charge in [-0.05, 0) is 29.8 Å². The molecule has 0 fully saturated rings. The highest BCUT2D eigenvalue weighted by atomic mass is 19.2. The molecule has 0 aliphatic carbocycles. The van der Waals surface area contributed by atoms with E-state index in [1.807, 2.05) is 43.3 Å². The van der Waals surface area contributed by atoms with Crippen molar-refractivity contribution in [1.29, 1.82) is 0 Å². The number of benzene rings is 2. The highest BCUT2D eigenvalue weighted by Gasteiger charge is 2.11. The number of para-hydroxylation sites is 2. The molecule has 2 aromatic rings. The normalized spacial score (nSPS) is 10.4. The Balaban J connectivity index is 2.17. The van der Waals surface area contributed by atoms with Gasteiger partial charge in [0.15, 0.2) is 17.5 Å². The second kappa shape index (κ2) is 5.86. The Morgan fingerprint density at radius 1 is 1.00 bits per heavy atom. The molecular weight excluding hydrogens is 265 g/mol. The van der Waals surface area contributed by atoms with Crippen molar-refractivity contribution in [3.8, 4) is 0 Å². The molecule has 0 aromatic heterocycles. The standard InChI is InChI=1S/C15H15F3N2/c1-20(2)14-6-4-3-5-13(14)19-9-10-7-11(16)15(18)12(17)8-10/h3-8,19H,9H2,1-2H3. The molecular formula is C15H15F3N2. The Labute approximate surface area is 115 Å². The van der Waals surface area contributed by atoms with Crippen LogP contribution in [0.25, 0.3) is 0 Å². The molecule has 0 spiro atoms. The van der Waals surface area contributed by atoms with Gasteiger partial charge in [0.2, 0.25) is 0 Å². The highest BCUT2D eigenvalue weighted by molar-refractivity contribution is 5.69. The number of nitrogens with one attached hydrogen (secondary N) is 1. The SMILES string of the molecule is CN(C)c1ccccc1NCc1cc(F)c(F)c(F)c1. The average molecular weight is 280 g/mol. The largest absolute Gasteiger partial charge is 0.379 e. The molecule has 2 aromatic carbocycles. The Morgan fingerprint density at radius 3 is 2.20 bits per heavy atom. The second-order valence-corrected chi connectivity index (χ2v) is 4.64. The third-order valence-corrected chi connectivity index (χ3v) is 2.91. The van der Waals surface area contributed by atoms with Gasteiger partial charge in [-0.25, -0.2) is 13.2 Å². The van der Waals surface area contributed by atoms with Crippen molar-refractivity contribution in [3.05, 3.63) is 59.4 Å². The van der Waals surface area contributed by atoms with E-state index in [0.717, 1.165) is 23.5 Å². The molecule has 0 heterocycles. The van der Waals surface area contributed by atoms with Crippen LogP contribution in [0.2, 0.25) is 0 Å². The zero-order valence-corrected chi connectivity index (χ0v) is 11.3. The van der Waals surface area contributed by atoms with E-state index in [1.54, 1.807) is 0 Å². The zero-order valence-electron chi connectivity index (χ0n) is 11.3. The molecule has 2 nitrogen and oxygen atoms in total. The van der Waals surface area contributed by atoms with Gasteiger partial charge in [0.05, 0.1) is 11.4 Å². The van der Waals surface area contributed by atoms with Crippen LogP contribution in [0.3, 0.4) is 0 Å². The van der Waals surface area contributed by atoms with Crippen molar-refractivity contribution < 1.29 is 13.2 Å².